The molecule has 1 heterocycles. The van der Waals surface area contributed by atoms with E-state index in [0.29, 0.717) is 12.6 Å². The summed E-state index contributed by atoms with van der Waals surface area (Å²) in [7, 11) is -1.83. The van der Waals surface area contributed by atoms with Crippen LogP contribution in [0.2, 0.25) is 0 Å². The predicted octanol–water partition coefficient (Wildman–Crippen LogP) is 3.52. The van der Waals surface area contributed by atoms with Gasteiger partial charge in [0.25, 0.3) is 0 Å². The molecule has 0 radical (unpaired) electrons. The fourth-order valence-corrected chi connectivity index (χ4v) is 2.85. The second-order valence-electron chi connectivity index (χ2n) is 5.41. The van der Waals surface area contributed by atoms with Crippen molar-refractivity contribution in [2.75, 3.05) is 11.5 Å². The minimum atomic E-state index is -1.83. The lowest BCUT2D eigenvalue weighted by Gasteiger charge is -2.09. The van der Waals surface area contributed by atoms with E-state index >= 15 is 0 Å². The molecule has 0 fully saturated rings. The van der Waals surface area contributed by atoms with Gasteiger partial charge in [-0.2, -0.15) is 0 Å². The molecule has 0 amide bonds. The number of aromatic nitrogens is 2. The van der Waals surface area contributed by atoms with Crippen molar-refractivity contribution in [1.29, 1.82) is 0 Å². The number of nitrogens with one attached hydrogen (secondary N) is 1. The van der Waals surface area contributed by atoms with E-state index in [1.807, 2.05) is 49.4 Å². The number of fused-ring (bicyclic) bond motifs is 1. The third kappa shape index (κ3) is 4.02. The first-order valence-corrected chi connectivity index (χ1v) is 8.78. The normalized spacial score (nSPS) is 11.1. The first kappa shape index (κ1) is 15.8. The highest BCUT2D eigenvalue weighted by Crippen LogP contribution is 2.26. The third-order valence-electron chi connectivity index (χ3n) is 3.61. The summed E-state index contributed by atoms with van der Waals surface area (Å²) < 4.78 is 0. The zero-order valence-corrected chi connectivity index (χ0v) is 13.7. The van der Waals surface area contributed by atoms with Crippen molar-refractivity contribution >= 4 is 30.8 Å². The van der Waals surface area contributed by atoms with Crippen LogP contribution in [0.3, 0.4) is 0 Å². The smallest absolute Gasteiger partial charge is 0.165 e. The molecule has 3 rings (SSSR count). The Kier molecular flexibility index (Phi) is 4.82. The molecule has 1 aromatic heterocycles. The van der Waals surface area contributed by atoms with Gasteiger partial charge in [0.1, 0.15) is 12.1 Å². The molecule has 0 spiro atoms. The van der Waals surface area contributed by atoms with Crippen molar-refractivity contribution in [3.05, 3.63) is 59.9 Å². The maximum absolute atomic E-state index is 8.98. The highest BCUT2D eigenvalue weighted by atomic mass is 31.2. The van der Waals surface area contributed by atoms with Gasteiger partial charge in [-0.3, -0.25) is 0 Å². The molecule has 0 saturated carbocycles. The number of rotatable bonds is 5. The highest BCUT2D eigenvalue weighted by Gasteiger charge is 2.05. The van der Waals surface area contributed by atoms with Crippen molar-refractivity contribution < 1.29 is 9.79 Å². The molecule has 0 saturated heterocycles. The Morgan fingerprint density at radius 1 is 1.04 bits per heavy atom. The number of nitrogens with zero attached hydrogens (tertiary/aromatic N) is 2. The maximum Gasteiger partial charge on any atom is 0.165 e. The largest absolute Gasteiger partial charge is 0.350 e. The van der Waals surface area contributed by atoms with Gasteiger partial charge in [0.15, 0.2) is 8.38 Å². The molecule has 0 atom stereocenters. The fourth-order valence-electron chi connectivity index (χ4n) is 2.39. The van der Waals surface area contributed by atoms with Gasteiger partial charge >= 0.3 is 0 Å². The summed E-state index contributed by atoms with van der Waals surface area (Å²) in [5.41, 5.74) is 4.09. The summed E-state index contributed by atoms with van der Waals surface area (Å²) >= 11 is 0. The molecule has 0 unspecified atom stereocenters. The van der Waals surface area contributed by atoms with Crippen LogP contribution in [0.4, 0.5) is 11.5 Å². The van der Waals surface area contributed by atoms with Crippen molar-refractivity contribution in [2.24, 2.45) is 0 Å². The van der Waals surface area contributed by atoms with Crippen LogP contribution >= 0.6 is 8.38 Å². The van der Waals surface area contributed by atoms with Crippen LogP contribution in [0, 0.1) is 6.92 Å². The number of hydrogen-bond acceptors (Lipinski definition) is 5. The second kappa shape index (κ2) is 7.01. The van der Waals surface area contributed by atoms with Gasteiger partial charge in [-0.15, -0.1) is 0 Å². The van der Waals surface area contributed by atoms with Gasteiger partial charge in [-0.25, -0.2) is 9.97 Å². The van der Waals surface area contributed by atoms with Crippen LogP contribution < -0.4 is 5.32 Å². The van der Waals surface area contributed by atoms with E-state index in [9.17, 15) is 0 Å². The average Bonchev–Trinajstić information content (AvgIpc) is 2.54. The van der Waals surface area contributed by atoms with Crippen LogP contribution in [-0.2, 0) is 6.42 Å². The average molecular weight is 327 g/mol. The Balaban J connectivity index is 1.79. The molecule has 2 aromatic carbocycles. The highest BCUT2D eigenvalue weighted by molar-refractivity contribution is 7.45. The van der Waals surface area contributed by atoms with Crippen LogP contribution in [0.5, 0.6) is 0 Å². The molecule has 118 valence electrons. The summed E-state index contributed by atoms with van der Waals surface area (Å²) in [4.78, 5) is 26.6. The lowest BCUT2D eigenvalue weighted by atomic mass is 10.1. The fraction of sp³-hybridized carbons (Fsp3) is 0.176. The van der Waals surface area contributed by atoms with E-state index in [0.717, 1.165) is 28.0 Å². The lowest BCUT2D eigenvalue weighted by molar-refractivity contribution is 0.482. The molecule has 3 N–H and O–H groups in total. The van der Waals surface area contributed by atoms with E-state index in [-0.39, 0.29) is 0 Å². The standard InChI is InChI=1S/C17H18N3O2P/c1-12-2-7-15-16(10-12)18-11-19-17(15)20-14-5-3-13(4-6-14)8-9-23(21)22/h2-7,10-11,21-22H,8-9H2,1H3,(H,18,19,20). The molecule has 0 aliphatic heterocycles. The number of anilines is 2. The topological polar surface area (TPSA) is 78.3 Å². The monoisotopic (exact) mass is 327 g/mol. The van der Waals surface area contributed by atoms with E-state index < -0.39 is 8.38 Å². The molecule has 3 aromatic rings. The second-order valence-corrected chi connectivity index (χ2v) is 6.60. The summed E-state index contributed by atoms with van der Waals surface area (Å²) in [6.07, 6.45) is 2.62. The first-order chi connectivity index (χ1) is 11.1. The molecule has 0 aliphatic rings. The Labute approximate surface area is 136 Å². The van der Waals surface area contributed by atoms with Crippen molar-refractivity contribution in [2.45, 2.75) is 13.3 Å². The van der Waals surface area contributed by atoms with Gasteiger partial charge < -0.3 is 15.1 Å². The number of benzene rings is 2. The Morgan fingerprint density at radius 3 is 2.57 bits per heavy atom. The molecular weight excluding hydrogens is 309 g/mol. The van der Waals surface area contributed by atoms with E-state index in [1.54, 1.807) is 6.33 Å². The summed E-state index contributed by atoms with van der Waals surface area (Å²) in [6.45, 7) is 2.04. The molecule has 6 heteroatoms. The van der Waals surface area contributed by atoms with Gasteiger partial charge in [0.05, 0.1) is 5.52 Å². The first-order valence-electron chi connectivity index (χ1n) is 7.34. The zero-order valence-electron chi connectivity index (χ0n) is 12.8. The molecule has 23 heavy (non-hydrogen) atoms. The summed E-state index contributed by atoms with van der Waals surface area (Å²) in [5.74, 6) is 0.775. The number of hydrogen-bond donors (Lipinski definition) is 3. The maximum atomic E-state index is 8.98. The quantitative estimate of drug-likeness (QED) is 0.625. The Bertz CT molecular complexity index is 807. The molecule has 5 nitrogen and oxygen atoms in total. The number of aryl methyl sites for hydroxylation is 2. The van der Waals surface area contributed by atoms with Crippen LogP contribution in [0.15, 0.2) is 48.8 Å². The lowest BCUT2D eigenvalue weighted by Crippen LogP contribution is -1.97. The van der Waals surface area contributed by atoms with Crippen LogP contribution in [0.25, 0.3) is 10.9 Å². The zero-order chi connectivity index (χ0) is 16.2. The van der Waals surface area contributed by atoms with E-state index in [2.05, 4.69) is 15.3 Å². The Hall–Kier alpha value is -2.07. The Morgan fingerprint density at radius 2 is 1.83 bits per heavy atom. The van der Waals surface area contributed by atoms with E-state index in [4.69, 9.17) is 9.79 Å². The molecular formula is C17H18N3O2P. The van der Waals surface area contributed by atoms with Crippen LogP contribution in [0.1, 0.15) is 11.1 Å². The SMILES string of the molecule is Cc1ccc2c(Nc3ccc(CCP(O)O)cc3)ncnc2c1. The van der Waals surface area contributed by atoms with E-state index in [1.165, 1.54) is 5.56 Å². The predicted molar refractivity (Wildman–Crippen MR) is 93.9 cm³/mol. The minimum Gasteiger partial charge on any atom is -0.350 e. The third-order valence-corrected chi connectivity index (χ3v) is 4.23. The summed E-state index contributed by atoms with van der Waals surface area (Å²) in [5, 5.41) is 4.29. The van der Waals surface area contributed by atoms with Crippen molar-refractivity contribution in [1.82, 2.24) is 9.97 Å². The molecule has 0 aliphatic carbocycles. The van der Waals surface area contributed by atoms with Gasteiger partial charge in [-0.05, 0) is 48.7 Å². The van der Waals surface area contributed by atoms with Gasteiger partial charge in [0.2, 0.25) is 0 Å². The summed E-state index contributed by atoms with van der Waals surface area (Å²) in [6, 6.07) is 14.0. The molecule has 0 bridgehead atoms. The van der Waals surface area contributed by atoms with Gasteiger partial charge in [-0.1, -0.05) is 18.2 Å². The minimum absolute atomic E-state index is 0.401. The van der Waals surface area contributed by atoms with Crippen molar-refractivity contribution in [3.8, 4) is 0 Å². The van der Waals surface area contributed by atoms with Crippen LogP contribution in [-0.4, -0.2) is 25.9 Å². The van der Waals surface area contributed by atoms with Crippen molar-refractivity contribution in [3.63, 3.8) is 0 Å². The van der Waals surface area contributed by atoms with Gasteiger partial charge in [0, 0.05) is 17.2 Å².